The number of aromatic nitrogens is 1. The molecular formula is C21H29BN2O2S. The molecule has 0 radical (unpaired) electrons. The first-order chi connectivity index (χ1) is 12.7. The molecule has 4 nitrogen and oxygen atoms in total. The standard InChI is InChI=1S/C21H29BN2O2S/c1-19(2)20(3,4)26-22(25-19)14-6-7-17-16(12-14)23-18(27-17)21-10-8-15(9-11-21)24(5)13-21/h6-7,12,15H,8-11,13H2,1-5H3. The minimum Gasteiger partial charge on any atom is -0.399 e. The molecule has 27 heavy (non-hydrogen) atoms. The van der Waals surface area contributed by atoms with Crippen LogP contribution in [0.1, 0.15) is 58.4 Å². The van der Waals surface area contributed by atoms with Crippen LogP contribution in [0, 0.1) is 0 Å². The fraction of sp³-hybridized carbons (Fsp3) is 0.667. The van der Waals surface area contributed by atoms with Gasteiger partial charge < -0.3 is 14.2 Å². The van der Waals surface area contributed by atoms with Gasteiger partial charge in [-0.25, -0.2) is 4.98 Å². The van der Waals surface area contributed by atoms with Crippen LogP contribution in [0.25, 0.3) is 10.2 Å². The highest BCUT2D eigenvalue weighted by atomic mass is 32.1. The molecule has 4 fully saturated rings. The minimum atomic E-state index is -0.320. The molecule has 2 bridgehead atoms. The topological polar surface area (TPSA) is 34.6 Å². The zero-order chi connectivity index (χ0) is 19.0. The molecule has 0 N–H and O–H groups in total. The van der Waals surface area contributed by atoms with Gasteiger partial charge in [0.25, 0.3) is 0 Å². The number of benzene rings is 1. The van der Waals surface area contributed by atoms with Crippen molar-refractivity contribution in [1.82, 2.24) is 9.88 Å². The first-order valence-corrected chi connectivity index (χ1v) is 11.0. The highest BCUT2D eigenvalue weighted by Gasteiger charge is 2.52. The lowest BCUT2D eigenvalue weighted by molar-refractivity contribution is 0.00578. The van der Waals surface area contributed by atoms with Crippen LogP contribution < -0.4 is 5.46 Å². The Morgan fingerprint density at radius 3 is 2.41 bits per heavy atom. The van der Waals surface area contributed by atoms with Crippen molar-refractivity contribution in [2.45, 2.75) is 76.0 Å². The molecule has 6 rings (SSSR count). The number of piperidine rings is 2. The Kier molecular flexibility index (Phi) is 3.88. The first-order valence-electron chi connectivity index (χ1n) is 10.2. The van der Waals surface area contributed by atoms with Gasteiger partial charge in [0, 0.05) is 18.0 Å². The summed E-state index contributed by atoms with van der Waals surface area (Å²) in [6, 6.07) is 7.31. The van der Waals surface area contributed by atoms with Crippen LogP contribution in [0.5, 0.6) is 0 Å². The van der Waals surface area contributed by atoms with Crippen molar-refractivity contribution in [3.63, 3.8) is 0 Å². The molecule has 4 aliphatic rings. The largest absolute Gasteiger partial charge is 0.494 e. The Morgan fingerprint density at radius 2 is 1.78 bits per heavy atom. The van der Waals surface area contributed by atoms with Crippen LogP contribution in [0.4, 0.5) is 0 Å². The van der Waals surface area contributed by atoms with E-state index in [9.17, 15) is 0 Å². The molecule has 1 aliphatic carbocycles. The summed E-state index contributed by atoms with van der Waals surface area (Å²) >= 11 is 1.89. The minimum absolute atomic E-state index is 0.262. The van der Waals surface area contributed by atoms with E-state index < -0.39 is 0 Å². The van der Waals surface area contributed by atoms with E-state index in [1.54, 1.807) is 0 Å². The predicted octanol–water partition coefficient (Wildman–Crippen LogP) is 3.72. The molecule has 2 aromatic rings. The Bertz CT molecular complexity index is 869. The fourth-order valence-corrected chi connectivity index (χ4v) is 6.12. The van der Waals surface area contributed by atoms with Gasteiger partial charge in [0.05, 0.1) is 21.4 Å². The smallest absolute Gasteiger partial charge is 0.399 e. The highest BCUT2D eigenvalue weighted by Crippen LogP contribution is 2.48. The number of rotatable bonds is 2. The molecule has 0 atom stereocenters. The second-order valence-electron chi connectivity index (χ2n) is 9.76. The summed E-state index contributed by atoms with van der Waals surface area (Å²) in [5, 5.41) is 1.33. The van der Waals surface area contributed by atoms with E-state index in [-0.39, 0.29) is 23.7 Å². The highest BCUT2D eigenvalue weighted by molar-refractivity contribution is 7.18. The average molecular weight is 384 g/mol. The summed E-state index contributed by atoms with van der Waals surface area (Å²) < 4.78 is 13.7. The molecule has 0 amide bonds. The summed E-state index contributed by atoms with van der Waals surface area (Å²) in [5.41, 5.74) is 1.79. The molecule has 4 heterocycles. The molecule has 1 aromatic heterocycles. The zero-order valence-electron chi connectivity index (χ0n) is 17.0. The monoisotopic (exact) mass is 384 g/mol. The Morgan fingerprint density at radius 1 is 1.11 bits per heavy atom. The number of hydrogen-bond acceptors (Lipinski definition) is 5. The maximum Gasteiger partial charge on any atom is 0.494 e. The van der Waals surface area contributed by atoms with Gasteiger partial charge in [0.2, 0.25) is 0 Å². The number of fused-ring (bicyclic) bond motifs is 4. The van der Waals surface area contributed by atoms with Crippen LogP contribution in [-0.2, 0) is 14.7 Å². The van der Waals surface area contributed by atoms with Crippen LogP contribution in [0.15, 0.2) is 18.2 Å². The molecule has 0 unspecified atom stereocenters. The van der Waals surface area contributed by atoms with Gasteiger partial charge in [-0.2, -0.15) is 0 Å². The third-order valence-corrected chi connectivity index (χ3v) is 8.76. The zero-order valence-corrected chi connectivity index (χ0v) is 17.9. The number of likely N-dealkylation sites (N-methyl/N-ethyl adjacent to an activating group) is 1. The van der Waals surface area contributed by atoms with Gasteiger partial charge in [-0.3, -0.25) is 0 Å². The lowest BCUT2D eigenvalue weighted by atomic mass is 9.68. The van der Waals surface area contributed by atoms with E-state index in [1.807, 2.05) is 11.3 Å². The van der Waals surface area contributed by atoms with Crippen LogP contribution >= 0.6 is 11.3 Å². The predicted molar refractivity (Wildman–Crippen MR) is 112 cm³/mol. The van der Waals surface area contributed by atoms with Crippen molar-refractivity contribution in [3.05, 3.63) is 23.2 Å². The number of thiazole rings is 1. The van der Waals surface area contributed by atoms with Crippen LogP contribution in [0.2, 0.25) is 0 Å². The van der Waals surface area contributed by atoms with Crippen molar-refractivity contribution in [3.8, 4) is 0 Å². The summed E-state index contributed by atoms with van der Waals surface area (Å²) in [7, 11) is 1.96. The summed E-state index contributed by atoms with van der Waals surface area (Å²) in [4.78, 5) is 7.67. The second kappa shape index (κ2) is 5.79. The van der Waals surface area contributed by atoms with Gasteiger partial charge in [-0.1, -0.05) is 6.07 Å². The maximum atomic E-state index is 6.23. The Balaban J connectivity index is 1.48. The van der Waals surface area contributed by atoms with Gasteiger partial charge in [0.15, 0.2) is 0 Å². The fourth-order valence-electron chi connectivity index (χ4n) is 4.94. The van der Waals surface area contributed by atoms with E-state index in [4.69, 9.17) is 14.3 Å². The normalized spacial score (nSPS) is 32.5. The second-order valence-corrected chi connectivity index (χ2v) is 10.8. The summed E-state index contributed by atoms with van der Waals surface area (Å²) in [5.74, 6) is 0. The van der Waals surface area contributed by atoms with Gasteiger partial charge in [-0.15, -0.1) is 11.3 Å². The van der Waals surface area contributed by atoms with E-state index >= 15 is 0 Å². The summed E-state index contributed by atoms with van der Waals surface area (Å²) in [6.45, 7) is 9.55. The average Bonchev–Trinajstić information content (AvgIpc) is 3.14. The lowest BCUT2D eigenvalue weighted by Crippen LogP contribution is -2.54. The van der Waals surface area contributed by atoms with Gasteiger partial charge >= 0.3 is 7.12 Å². The first kappa shape index (κ1) is 18.1. The van der Waals surface area contributed by atoms with E-state index in [2.05, 4.69) is 57.8 Å². The molecule has 3 aliphatic heterocycles. The lowest BCUT2D eigenvalue weighted by Gasteiger charge is -2.50. The van der Waals surface area contributed by atoms with Crippen molar-refractivity contribution in [2.75, 3.05) is 13.6 Å². The van der Waals surface area contributed by atoms with Crippen molar-refractivity contribution in [1.29, 1.82) is 0 Å². The van der Waals surface area contributed by atoms with E-state index in [0.717, 1.165) is 23.6 Å². The number of nitrogens with zero attached hydrogens (tertiary/aromatic N) is 2. The molecule has 1 aromatic carbocycles. The third kappa shape index (κ3) is 2.71. The molecule has 144 valence electrons. The molecule has 6 heteroatoms. The molecular weight excluding hydrogens is 355 g/mol. The third-order valence-electron chi connectivity index (χ3n) is 7.48. The van der Waals surface area contributed by atoms with Crippen molar-refractivity contribution < 1.29 is 9.31 Å². The van der Waals surface area contributed by atoms with Crippen molar-refractivity contribution >= 4 is 34.1 Å². The maximum absolute atomic E-state index is 6.23. The van der Waals surface area contributed by atoms with Gasteiger partial charge in [0.1, 0.15) is 5.01 Å². The van der Waals surface area contributed by atoms with Crippen LogP contribution in [-0.4, -0.2) is 47.8 Å². The Hall–Kier alpha value is -0.945. The molecule has 1 saturated carbocycles. The van der Waals surface area contributed by atoms with E-state index in [1.165, 1.54) is 35.4 Å². The Labute approximate surface area is 166 Å². The van der Waals surface area contributed by atoms with E-state index in [0.29, 0.717) is 0 Å². The summed E-state index contributed by atoms with van der Waals surface area (Å²) in [6.07, 6.45) is 5.19. The molecule has 3 saturated heterocycles. The van der Waals surface area contributed by atoms with Gasteiger partial charge in [-0.05, 0) is 78.0 Å². The quantitative estimate of drug-likeness (QED) is 0.740. The molecule has 0 spiro atoms. The van der Waals surface area contributed by atoms with Crippen molar-refractivity contribution in [2.24, 2.45) is 0 Å². The SMILES string of the molecule is CN1CC2(c3nc4cc(B5OC(C)(C)C(C)(C)O5)ccc4s3)CCC1CC2. The van der Waals surface area contributed by atoms with Crippen LogP contribution in [0.3, 0.4) is 0 Å². The number of hydrogen-bond donors (Lipinski definition) is 0.